The van der Waals surface area contributed by atoms with Crippen LogP contribution in [0, 0.1) is 0 Å². The Morgan fingerprint density at radius 1 is 1.25 bits per heavy atom. The molecule has 0 radical (unpaired) electrons. The Kier molecular flexibility index (Phi) is 4.61. The summed E-state index contributed by atoms with van der Waals surface area (Å²) in [6.07, 6.45) is -4.47. The fourth-order valence-electron chi connectivity index (χ4n) is 1.76. The normalized spacial score (nSPS) is 11.6. The Labute approximate surface area is 118 Å². The van der Waals surface area contributed by atoms with Gasteiger partial charge in [-0.2, -0.15) is 24.5 Å². The standard InChI is InChI=1S/C13H13F3N2OS/c14-13(15,16)11-2-1-3-12(17-11)18(5-6-19)8-10-4-7-20-9-10/h1-4,7,9,19H,5-6,8H2. The SMILES string of the molecule is OCCN(Cc1ccsc1)c1cccc(C(F)(F)F)n1. The summed E-state index contributed by atoms with van der Waals surface area (Å²) in [6.45, 7) is 0.491. The van der Waals surface area contributed by atoms with Crippen LogP contribution in [0.25, 0.3) is 0 Å². The quantitative estimate of drug-likeness (QED) is 0.921. The molecule has 2 aromatic rings. The number of nitrogens with zero attached hydrogens (tertiary/aromatic N) is 2. The van der Waals surface area contributed by atoms with Crippen molar-refractivity contribution in [3.05, 3.63) is 46.3 Å². The zero-order chi connectivity index (χ0) is 14.6. The third-order valence-electron chi connectivity index (χ3n) is 2.67. The van der Waals surface area contributed by atoms with Gasteiger partial charge in [0.1, 0.15) is 11.5 Å². The van der Waals surface area contributed by atoms with Crippen molar-refractivity contribution in [2.24, 2.45) is 0 Å². The maximum Gasteiger partial charge on any atom is 0.433 e. The van der Waals surface area contributed by atoms with Crippen molar-refractivity contribution in [3.63, 3.8) is 0 Å². The summed E-state index contributed by atoms with van der Waals surface area (Å²) in [5.74, 6) is 0.208. The highest BCUT2D eigenvalue weighted by Gasteiger charge is 2.32. The van der Waals surface area contributed by atoms with E-state index in [-0.39, 0.29) is 19.0 Å². The minimum absolute atomic E-state index is 0.151. The van der Waals surface area contributed by atoms with Crippen molar-refractivity contribution >= 4 is 17.2 Å². The lowest BCUT2D eigenvalue weighted by molar-refractivity contribution is -0.141. The molecule has 2 rings (SSSR count). The number of alkyl halides is 3. The molecule has 0 unspecified atom stereocenters. The number of aliphatic hydroxyl groups excluding tert-OH is 1. The first-order chi connectivity index (χ1) is 9.50. The molecule has 0 atom stereocenters. The first-order valence-corrected chi connectivity index (χ1v) is 6.86. The van der Waals surface area contributed by atoms with Gasteiger partial charge in [-0.3, -0.25) is 0 Å². The second-order valence-electron chi connectivity index (χ2n) is 4.16. The summed E-state index contributed by atoms with van der Waals surface area (Å²) in [5, 5.41) is 12.9. The van der Waals surface area contributed by atoms with Crippen LogP contribution in [0.5, 0.6) is 0 Å². The molecule has 0 bridgehead atoms. The third-order valence-corrected chi connectivity index (χ3v) is 3.40. The Bertz CT molecular complexity index is 543. The molecule has 0 aliphatic carbocycles. The monoisotopic (exact) mass is 302 g/mol. The number of hydrogen-bond donors (Lipinski definition) is 1. The Balaban J connectivity index is 2.25. The van der Waals surface area contributed by atoms with Gasteiger partial charge in [0.15, 0.2) is 0 Å². The Morgan fingerprint density at radius 3 is 2.65 bits per heavy atom. The van der Waals surface area contributed by atoms with Crippen molar-refractivity contribution in [3.8, 4) is 0 Å². The number of thiophene rings is 1. The van der Waals surface area contributed by atoms with Gasteiger partial charge in [0.2, 0.25) is 0 Å². The van der Waals surface area contributed by atoms with Gasteiger partial charge >= 0.3 is 6.18 Å². The molecule has 3 nitrogen and oxygen atoms in total. The Hall–Kier alpha value is -1.60. The first kappa shape index (κ1) is 14.8. The van der Waals surface area contributed by atoms with Gasteiger partial charge in [0, 0.05) is 13.1 Å². The summed E-state index contributed by atoms with van der Waals surface area (Å²) < 4.78 is 38.0. The maximum atomic E-state index is 12.7. The summed E-state index contributed by atoms with van der Waals surface area (Å²) in [7, 11) is 0. The van der Waals surface area contributed by atoms with Crippen molar-refractivity contribution in [2.75, 3.05) is 18.1 Å². The Morgan fingerprint density at radius 2 is 2.05 bits per heavy atom. The van der Waals surface area contributed by atoms with Crippen molar-refractivity contribution in [1.29, 1.82) is 0 Å². The number of halogens is 3. The highest BCUT2D eigenvalue weighted by atomic mass is 32.1. The predicted octanol–water partition coefficient (Wildman–Crippen LogP) is 3.16. The number of hydrogen-bond acceptors (Lipinski definition) is 4. The number of rotatable bonds is 5. The summed E-state index contributed by atoms with van der Waals surface area (Å²) in [4.78, 5) is 5.26. The van der Waals surface area contributed by atoms with Gasteiger partial charge in [-0.1, -0.05) is 6.07 Å². The second kappa shape index (κ2) is 6.23. The lowest BCUT2D eigenvalue weighted by Crippen LogP contribution is -2.27. The zero-order valence-corrected chi connectivity index (χ0v) is 11.3. The van der Waals surface area contributed by atoms with Crippen LogP contribution in [-0.2, 0) is 12.7 Å². The van der Waals surface area contributed by atoms with E-state index in [0.29, 0.717) is 6.54 Å². The number of anilines is 1. The van der Waals surface area contributed by atoms with E-state index in [0.717, 1.165) is 11.6 Å². The topological polar surface area (TPSA) is 36.4 Å². The van der Waals surface area contributed by atoms with E-state index >= 15 is 0 Å². The molecule has 0 saturated carbocycles. The molecule has 2 aromatic heterocycles. The van der Waals surface area contributed by atoms with Gasteiger partial charge in [0.25, 0.3) is 0 Å². The van der Waals surface area contributed by atoms with E-state index in [2.05, 4.69) is 4.98 Å². The lowest BCUT2D eigenvalue weighted by Gasteiger charge is -2.23. The fourth-order valence-corrected chi connectivity index (χ4v) is 2.42. The van der Waals surface area contributed by atoms with Gasteiger partial charge < -0.3 is 10.0 Å². The molecular weight excluding hydrogens is 289 g/mol. The molecule has 0 aliphatic heterocycles. The van der Waals surface area contributed by atoms with Crippen LogP contribution in [-0.4, -0.2) is 23.2 Å². The number of aromatic nitrogens is 1. The van der Waals surface area contributed by atoms with Crippen molar-refractivity contribution in [2.45, 2.75) is 12.7 Å². The largest absolute Gasteiger partial charge is 0.433 e. The summed E-state index contributed by atoms with van der Waals surface area (Å²) in [5.41, 5.74) is 0.0471. The van der Waals surface area contributed by atoms with Crippen molar-refractivity contribution < 1.29 is 18.3 Å². The molecule has 0 spiro atoms. The van der Waals surface area contributed by atoms with Gasteiger partial charge in [-0.05, 0) is 34.5 Å². The van der Waals surface area contributed by atoms with E-state index in [1.54, 1.807) is 4.90 Å². The molecule has 2 heterocycles. The smallest absolute Gasteiger partial charge is 0.395 e. The van der Waals surface area contributed by atoms with Crippen LogP contribution in [0.2, 0.25) is 0 Å². The van der Waals surface area contributed by atoms with Gasteiger partial charge in [0.05, 0.1) is 6.61 Å². The first-order valence-electron chi connectivity index (χ1n) is 5.92. The highest BCUT2D eigenvalue weighted by Crippen LogP contribution is 2.29. The molecule has 0 amide bonds. The molecule has 0 fully saturated rings. The molecule has 20 heavy (non-hydrogen) atoms. The number of aliphatic hydroxyl groups is 1. The van der Waals surface area contributed by atoms with E-state index < -0.39 is 11.9 Å². The average Bonchev–Trinajstić information content (AvgIpc) is 2.90. The van der Waals surface area contributed by atoms with Crippen LogP contribution >= 0.6 is 11.3 Å². The summed E-state index contributed by atoms with van der Waals surface area (Å²) >= 11 is 1.51. The second-order valence-corrected chi connectivity index (χ2v) is 4.94. The lowest BCUT2D eigenvalue weighted by atomic mass is 10.3. The van der Waals surface area contributed by atoms with Gasteiger partial charge in [-0.15, -0.1) is 0 Å². The molecule has 0 saturated heterocycles. The molecule has 7 heteroatoms. The molecular formula is C13H13F3N2OS. The van der Waals surface area contributed by atoms with Crippen LogP contribution < -0.4 is 4.90 Å². The molecule has 108 valence electrons. The minimum Gasteiger partial charge on any atom is -0.395 e. The highest BCUT2D eigenvalue weighted by molar-refractivity contribution is 7.07. The van der Waals surface area contributed by atoms with Crippen LogP contribution in [0.4, 0.5) is 19.0 Å². The number of pyridine rings is 1. The van der Waals surface area contributed by atoms with Crippen LogP contribution in [0.1, 0.15) is 11.3 Å². The van der Waals surface area contributed by atoms with Crippen LogP contribution in [0.15, 0.2) is 35.0 Å². The minimum atomic E-state index is -4.47. The van der Waals surface area contributed by atoms with E-state index in [1.807, 2.05) is 16.8 Å². The van der Waals surface area contributed by atoms with Crippen LogP contribution in [0.3, 0.4) is 0 Å². The fraction of sp³-hybridized carbons (Fsp3) is 0.308. The molecule has 0 aliphatic rings. The zero-order valence-electron chi connectivity index (χ0n) is 10.5. The molecule has 1 N–H and O–H groups in total. The van der Waals surface area contributed by atoms with E-state index in [1.165, 1.54) is 23.5 Å². The molecule has 0 aromatic carbocycles. The average molecular weight is 302 g/mol. The predicted molar refractivity (Wildman–Crippen MR) is 71.7 cm³/mol. The maximum absolute atomic E-state index is 12.7. The van der Waals surface area contributed by atoms with E-state index in [9.17, 15) is 13.2 Å². The third kappa shape index (κ3) is 3.71. The van der Waals surface area contributed by atoms with E-state index in [4.69, 9.17) is 5.11 Å². The summed E-state index contributed by atoms with van der Waals surface area (Å²) in [6, 6.07) is 5.66. The van der Waals surface area contributed by atoms with Crippen molar-refractivity contribution in [1.82, 2.24) is 4.98 Å². The van der Waals surface area contributed by atoms with Gasteiger partial charge in [-0.25, -0.2) is 4.98 Å².